The van der Waals surface area contributed by atoms with E-state index in [1.54, 1.807) is 0 Å². The normalized spacial score (nSPS) is 10.8. The smallest absolute Gasteiger partial charge is 0.137 e. The summed E-state index contributed by atoms with van der Waals surface area (Å²) in [5.74, 6) is -0.549. The molecule has 5 heteroatoms. The van der Waals surface area contributed by atoms with Gasteiger partial charge in [-0.25, -0.2) is 4.39 Å². The third kappa shape index (κ3) is 2.10. The minimum absolute atomic E-state index is 0.200. The summed E-state index contributed by atoms with van der Waals surface area (Å²) >= 11 is 0. The van der Waals surface area contributed by atoms with Gasteiger partial charge < -0.3 is 5.11 Å². The first kappa shape index (κ1) is 9.82. The summed E-state index contributed by atoms with van der Waals surface area (Å²) < 4.78 is 13.2. The van der Waals surface area contributed by atoms with E-state index in [0.717, 1.165) is 6.07 Å². The second kappa shape index (κ2) is 3.23. The number of hydrogen-bond acceptors (Lipinski definition) is 2. The Morgan fingerprint density at radius 1 is 1.46 bits per heavy atom. The van der Waals surface area contributed by atoms with Gasteiger partial charge in [0.15, 0.2) is 0 Å². The summed E-state index contributed by atoms with van der Waals surface area (Å²) in [5, 5.41) is 16.8. The third-order valence-corrected chi connectivity index (χ3v) is 1.76. The lowest BCUT2D eigenvalue weighted by atomic mass is 9.61. The topological polar surface area (TPSA) is 44.0 Å². The number of nitriles is 1. The molecule has 1 aromatic rings. The predicted molar refractivity (Wildman–Crippen MR) is 52.1 cm³/mol. The van der Waals surface area contributed by atoms with Crippen LogP contribution in [0.3, 0.4) is 0 Å². The maximum atomic E-state index is 13.2. The minimum atomic E-state index is -1.21. The molecule has 0 saturated carbocycles. The van der Waals surface area contributed by atoms with Crippen LogP contribution in [0, 0.1) is 17.1 Å². The highest BCUT2D eigenvalue weighted by Crippen LogP contribution is 2.18. The summed E-state index contributed by atoms with van der Waals surface area (Å²) in [7, 11) is 2.99. The summed E-state index contributed by atoms with van der Waals surface area (Å²) in [6.07, 6.45) is 0. The van der Waals surface area contributed by atoms with E-state index in [9.17, 15) is 9.50 Å². The molecule has 0 saturated heterocycles. The van der Waals surface area contributed by atoms with Gasteiger partial charge in [0.25, 0.3) is 0 Å². The van der Waals surface area contributed by atoms with E-state index >= 15 is 0 Å². The first-order chi connectivity index (χ1) is 5.95. The molecular weight excluding hydrogens is 167 g/mol. The van der Waals surface area contributed by atoms with Crippen LogP contribution in [0.2, 0.25) is 0 Å². The lowest BCUT2D eigenvalue weighted by molar-refractivity contribution is 0.211. The number of rotatable bonds is 1. The molecule has 0 spiro atoms. The van der Waals surface area contributed by atoms with E-state index in [1.807, 2.05) is 6.07 Å². The van der Waals surface area contributed by atoms with Crippen molar-refractivity contribution in [1.82, 2.24) is 0 Å². The SMILES string of the molecule is BC(B)(O)c1ccc(C#N)cc1F. The van der Waals surface area contributed by atoms with Gasteiger partial charge in [-0.15, -0.1) is 0 Å². The van der Waals surface area contributed by atoms with Crippen LogP contribution in [0.15, 0.2) is 18.2 Å². The Balaban J connectivity index is 3.23. The van der Waals surface area contributed by atoms with Gasteiger partial charge in [0.1, 0.15) is 21.5 Å². The fourth-order valence-corrected chi connectivity index (χ4v) is 1.08. The van der Waals surface area contributed by atoms with Gasteiger partial charge in [-0.2, -0.15) is 5.26 Å². The minimum Gasteiger partial charge on any atom is -0.403 e. The first-order valence-electron chi connectivity index (χ1n) is 3.87. The van der Waals surface area contributed by atoms with Crippen molar-refractivity contribution in [2.45, 2.75) is 5.40 Å². The second-order valence-corrected chi connectivity index (χ2v) is 3.37. The molecule has 2 nitrogen and oxygen atoms in total. The van der Waals surface area contributed by atoms with Crippen LogP contribution in [-0.2, 0) is 5.40 Å². The van der Waals surface area contributed by atoms with Crippen molar-refractivity contribution in [2.24, 2.45) is 0 Å². The van der Waals surface area contributed by atoms with E-state index in [2.05, 4.69) is 0 Å². The van der Waals surface area contributed by atoms with Crippen LogP contribution in [0.5, 0.6) is 0 Å². The first-order valence-corrected chi connectivity index (χ1v) is 3.87. The molecule has 0 heterocycles. The molecule has 0 amide bonds. The van der Waals surface area contributed by atoms with Gasteiger partial charge >= 0.3 is 0 Å². The van der Waals surface area contributed by atoms with E-state index in [-0.39, 0.29) is 11.1 Å². The van der Waals surface area contributed by atoms with Crippen molar-refractivity contribution in [3.63, 3.8) is 0 Å². The molecule has 1 rings (SSSR count). The highest BCUT2D eigenvalue weighted by Gasteiger charge is 2.20. The largest absolute Gasteiger partial charge is 0.403 e. The van der Waals surface area contributed by atoms with Crippen LogP contribution < -0.4 is 0 Å². The molecule has 64 valence electrons. The molecule has 0 bridgehead atoms. The molecule has 0 aliphatic heterocycles. The summed E-state index contributed by atoms with van der Waals surface area (Å²) in [4.78, 5) is 0. The molecule has 0 aromatic heterocycles. The van der Waals surface area contributed by atoms with Crippen molar-refractivity contribution in [3.05, 3.63) is 35.1 Å². The van der Waals surface area contributed by atoms with Crippen molar-refractivity contribution in [3.8, 4) is 6.07 Å². The van der Waals surface area contributed by atoms with Crippen molar-refractivity contribution in [2.75, 3.05) is 0 Å². The zero-order valence-electron chi connectivity index (χ0n) is 7.50. The van der Waals surface area contributed by atoms with Gasteiger partial charge in [0, 0.05) is 11.0 Å². The van der Waals surface area contributed by atoms with E-state index in [1.165, 1.54) is 27.8 Å². The standard InChI is InChI=1S/C8H8B2FNO/c9-8(10,13)6-2-1-5(4-12)3-7(6)11/h1-3,13H,9-10H2. The summed E-state index contributed by atoms with van der Waals surface area (Å²) in [6.45, 7) is 0. The highest BCUT2D eigenvalue weighted by atomic mass is 19.1. The zero-order chi connectivity index (χ0) is 10.1. The van der Waals surface area contributed by atoms with Gasteiger partial charge in [-0.3, -0.25) is 0 Å². The summed E-state index contributed by atoms with van der Waals surface area (Å²) in [5.41, 5.74) is 0.456. The maximum Gasteiger partial charge on any atom is 0.137 e. The summed E-state index contributed by atoms with van der Waals surface area (Å²) in [6, 6.07) is 5.85. The Kier molecular flexibility index (Phi) is 2.44. The molecule has 1 aromatic carbocycles. The maximum absolute atomic E-state index is 13.2. The number of benzene rings is 1. The lowest BCUT2D eigenvalue weighted by Gasteiger charge is -2.18. The van der Waals surface area contributed by atoms with Gasteiger partial charge in [0.2, 0.25) is 0 Å². The molecule has 13 heavy (non-hydrogen) atoms. The monoisotopic (exact) mass is 175 g/mol. The Hall–Kier alpha value is -1.27. The number of nitrogens with zero attached hydrogens (tertiary/aromatic N) is 1. The van der Waals surface area contributed by atoms with Gasteiger partial charge in [-0.1, -0.05) is 6.07 Å². The zero-order valence-corrected chi connectivity index (χ0v) is 7.50. The Morgan fingerprint density at radius 3 is 2.46 bits per heavy atom. The van der Waals surface area contributed by atoms with E-state index < -0.39 is 11.2 Å². The molecule has 0 aliphatic rings. The van der Waals surface area contributed by atoms with Gasteiger partial charge in [-0.05, 0) is 12.1 Å². The quantitative estimate of drug-likeness (QED) is 0.560. The average molecular weight is 175 g/mol. The van der Waals surface area contributed by atoms with Crippen LogP contribution in [0.1, 0.15) is 11.1 Å². The molecule has 0 fully saturated rings. The molecule has 0 unspecified atom stereocenters. The molecular formula is C8H8B2FNO. The molecule has 0 atom stereocenters. The number of halogens is 1. The Labute approximate surface area is 77.8 Å². The lowest BCUT2D eigenvalue weighted by Crippen LogP contribution is -2.27. The average Bonchev–Trinajstić information content (AvgIpc) is 2.01. The number of hydrogen-bond donors (Lipinski definition) is 1. The predicted octanol–water partition coefficient (Wildman–Crippen LogP) is -0.934. The van der Waals surface area contributed by atoms with Crippen LogP contribution in [-0.4, -0.2) is 20.8 Å². The third-order valence-electron chi connectivity index (χ3n) is 1.76. The van der Waals surface area contributed by atoms with Crippen molar-refractivity contribution < 1.29 is 9.50 Å². The second-order valence-electron chi connectivity index (χ2n) is 3.37. The van der Waals surface area contributed by atoms with E-state index in [4.69, 9.17) is 5.26 Å². The molecule has 0 aliphatic carbocycles. The fourth-order valence-electron chi connectivity index (χ4n) is 1.08. The Morgan fingerprint density at radius 2 is 2.08 bits per heavy atom. The van der Waals surface area contributed by atoms with Crippen LogP contribution in [0.4, 0.5) is 4.39 Å². The highest BCUT2D eigenvalue weighted by molar-refractivity contribution is 6.38. The molecule has 1 N–H and O–H groups in total. The number of aliphatic hydroxyl groups is 1. The fraction of sp³-hybridized carbons (Fsp3) is 0.125. The van der Waals surface area contributed by atoms with Gasteiger partial charge in [0.05, 0.1) is 11.6 Å². The van der Waals surface area contributed by atoms with Crippen molar-refractivity contribution >= 4 is 15.7 Å². The van der Waals surface area contributed by atoms with Crippen molar-refractivity contribution in [1.29, 1.82) is 5.26 Å². The molecule has 0 radical (unpaired) electrons. The van der Waals surface area contributed by atoms with E-state index in [0.29, 0.717) is 0 Å². The van der Waals surface area contributed by atoms with Crippen LogP contribution >= 0.6 is 0 Å². The van der Waals surface area contributed by atoms with Crippen LogP contribution in [0.25, 0.3) is 0 Å². The Bertz CT molecular complexity index is 367.